The zero-order chi connectivity index (χ0) is 21.0. The van der Waals surface area contributed by atoms with Crippen LogP contribution < -0.4 is 5.32 Å². The fourth-order valence-electron chi connectivity index (χ4n) is 2.57. The Morgan fingerprint density at radius 1 is 1.24 bits per heavy atom. The first-order valence-corrected chi connectivity index (χ1v) is 8.86. The Hall–Kier alpha value is -3.72. The van der Waals surface area contributed by atoms with Crippen LogP contribution in [-0.4, -0.2) is 33.2 Å². The van der Waals surface area contributed by atoms with E-state index in [0.29, 0.717) is 5.69 Å². The second-order valence-corrected chi connectivity index (χ2v) is 6.16. The molecule has 0 saturated heterocycles. The van der Waals surface area contributed by atoms with E-state index in [0.717, 1.165) is 6.07 Å². The minimum absolute atomic E-state index is 0.00304. The topological polar surface area (TPSA) is 116 Å². The Balaban J connectivity index is 2.02. The molecule has 148 valence electrons. The highest BCUT2D eigenvalue weighted by atomic mass is 35.5. The summed E-state index contributed by atoms with van der Waals surface area (Å²) in [5.41, 5.74) is 0.242. The molecule has 0 bridgehead atoms. The molecule has 3 aromatic rings. The quantitative estimate of drug-likeness (QED) is 0.372. The molecule has 2 aromatic carbocycles. The highest BCUT2D eigenvalue weighted by molar-refractivity contribution is 6.32. The number of benzene rings is 2. The van der Waals surface area contributed by atoms with Gasteiger partial charge in [-0.3, -0.25) is 14.9 Å². The van der Waals surface area contributed by atoms with Gasteiger partial charge in [-0.05, 0) is 31.2 Å². The van der Waals surface area contributed by atoms with E-state index < -0.39 is 22.5 Å². The highest BCUT2D eigenvalue weighted by Crippen LogP contribution is 2.27. The maximum absolute atomic E-state index is 12.7. The fourth-order valence-corrected chi connectivity index (χ4v) is 2.75. The number of nitrogens with zero attached hydrogens (tertiary/aromatic N) is 3. The second-order valence-electron chi connectivity index (χ2n) is 5.75. The number of amides is 1. The average Bonchev–Trinajstić information content (AvgIpc) is 3.12. The lowest BCUT2D eigenvalue weighted by atomic mass is 10.2. The van der Waals surface area contributed by atoms with Crippen LogP contribution in [0.4, 0.5) is 11.5 Å². The zero-order valence-corrected chi connectivity index (χ0v) is 15.9. The number of hydrogen-bond acceptors (Lipinski definition) is 6. The first kappa shape index (κ1) is 20.0. The third-order valence-corrected chi connectivity index (χ3v) is 4.22. The number of ether oxygens (including phenoxy) is 1. The summed E-state index contributed by atoms with van der Waals surface area (Å²) >= 11 is 5.80. The van der Waals surface area contributed by atoms with Crippen LogP contribution in [0.5, 0.6) is 0 Å². The number of carbonyl (C=O) groups excluding carboxylic acids is 2. The van der Waals surface area contributed by atoms with Crippen molar-refractivity contribution in [2.24, 2.45) is 0 Å². The van der Waals surface area contributed by atoms with E-state index in [1.807, 2.05) is 6.07 Å². The van der Waals surface area contributed by atoms with Gasteiger partial charge in [-0.25, -0.2) is 9.48 Å². The molecular formula is C19H15ClN4O5. The van der Waals surface area contributed by atoms with E-state index in [1.54, 1.807) is 31.2 Å². The van der Waals surface area contributed by atoms with Crippen LogP contribution >= 0.6 is 11.6 Å². The Bertz CT molecular complexity index is 1080. The predicted octanol–water partition coefficient (Wildman–Crippen LogP) is 3.86. The minimum atomic E-state index is -0.683. The van der Waals surface area contributed by atoms with Crippen LogP contribution in [0, 0.1) is 10.1 Å². The number of nitro benzene ring substituents is 1. The SMILES string of the molecule is CCOC(=O)c1cnn(-c2ccccc2)c1NC(=O)c1ccc(Cl)c([N+](=O)[O-])c1. The van der Waals surface area contributed by atoms with Crippen molar-refractivity contribution in [3.8, 4) is 5.69 Å². The minimum Gasteiger partial charge on any atom is -0.462 e. The summed E-state index contributed by atoms with van der Waals surface area (Å²) < 4.78 is 6.39. The molecule has 0 fully saturated rings. The van der Waals surface area contributed by atoms with Gasteiger partial charge in [-0.2, -0.15) is 5.10 Å². The van der Waals surface area contributed by atoms with E-state index in [4.69, 9.17) is 16.3 Å². The van der Waals surface area contributed by atoms with Crippen molar-refractivity contribution in [1.29, 1.82) is 0 Å². The zero-order valence-electron chi connectivity index (χ0n) is 15.2. The van der Waals surface area contributed by atoms with Crippen LogP contribution in [0.1, 0.15) is 27.6 Å². The number of nitro groups is 1. The molecule has 29 heavy (non-hydrogen) atoms. The third kappa shape index (κ3) is 4.25. The average molecular weight is 415 g/mol. The third-order valence-electron chi connectivity index (χ3n) is 3.90. The number of nitrogens with one attached hydrogen (secondary N) is 1. The molecule has 1 heterocycles. The molecule has 0 aliphatic heterocycles. The monoisotopic (exact) mass is 414 g/mol. The van der Waals surface area contributed by atoms with Crippen LogP contribution in [0.3, 0.4) is 0 Å². The number of hydrogen-bond donors (Lipinski definition) is 1. The summed E-state index contributed by atoms with van der Waals surface area (Å²) in [6.45, 7) is 1.80. The van der Waals surface area contributed by atoms with Crippen molar-refractivity contribution in [3.05, 3.63) is 81.0 Å². The van der Waals surface area contributed by atoms with Crippen molar-refractivity contribution in [2.75, 3.05) is 11.9 Å². The standard InChI is InChI=1S/C19H15ClN4O5/c1-2-29-19(26)14-11-21-23(13-6-4-3-5-7-13)17(14)22-18(25)12-8-9-15(20)16(10-12)24(27)28/h3-11H,2H2,1H3,(H,22,25). The molecule has 3 rings (SSSR count). The van der Waals surface area contributed by atoms with Crippen LogP contribution in [0.25, 0.3) is 5.69 Å². The predicted molar refractivity (Wildman–Crippen MR) is 106 cm³/mol. The maximum Gasteiger partial charge on any atom is 0.343 e. The summed E-state index contributed by atoms with van der Waals surface area (Å²) in [7, 11) is 0. The van der Waals surface area contributed by atoms with Gasteiger partial charge in [-0.15, -0.1) is 0 Å². The van der Waals surface area contributed by atoms with E-state index in [9.17, 15) is 19.7 Å². The molecule has 0 unspecified atom stereocenters. The molecule has 0 aliphatic carbocycles. The fraction of sp³-hybridized carbons (Fsp3) is 0.105. The van der Waals surface area contributed by atoms with Gasteiger partial charge in [0.2, 0.25) is 0 Å². The molecule has 0 aliphatic rings. The Kier molecular flexibility index (Phi) is 5.89. The number of para-hydroxylation sites is 1. The van der Waals surface area contributed by atoms with Crippen molar-refractivity contribution in [3.63, 3.8) is 0 Å². The molecule has 1 N–H and O–H groups in total. The smallest absolute Gasteiger partial charge is 0.343 e. The van der Waals surface area contributed by atoms with Gasteiger partial charge in [-0.1, -0.05) is 29.8 Å². The molecule has 0 spiro atoms. The number of carbonyl (C=O) groups is 2. The van der Waals surface area contributed by atoms with Crippen molar-refractivity contribution >= 4 is 35.0 Å². The lowest BCUT2D eigenvalue weighted by Gasteiger charge is -2.11. The highest BCUT2D eigenvalue weighted by Gasteiger charge is 2.23. The molecule has 0 radical (unpaired) electrons. The molecule has 0 atom stereocenters. The number of rotatable bonds is 6. The first-order chi connectivity index (χ1) is 13.9. The molecule has 1 aromatic heterocycles. The number of halogens is 1. The molecule has 0 saturated carbocycles. The molecule has 9 nitrogen and oxygen atoms in total. The van der Waals surface area contributed by atoms with Crippen molar-refractivity contribution < 1.29 is 19.2 Å². The summed E-state index contributed by atoms with van der Waals surface area (Å²) in [6, 6.07) is 12.5. The van der Waals surface area contributed by atoms with Crippen molar-refractivity contribution in [1.82, 2.24) is 9.78 Å². The molecule has 1 amide bonds. The van der Waals surface area contributed by atoms with Gasteiger partial charge < -0.3 is 10.1 Å². The van der Waals surface area contributed by atoms with Gasteiger partial charge in [0.25, 0.3) is 11.6 Å². The van der Waals surface area contributed by atoms with Gasteiger partial charge in [0.05, 0.1) is 23.4 Å². The Morgan fingerprint density at radius 3 is 2.62 bits per heavy atom. The van der Waals surface area contributed by atoms with E-state index in [-0.39, 0.29) is 28.6 Å². The molecular weight excluding hydrogens is 400 g/mol. The lowest BCUT2D eigenvalue weighted by Crippen LogP contribution is -2.18. The number of aromatic nitrogens is 2. The van der Waals surface area contributed by atoms with E-state index in [2.05, 4.69) is 10.4 Å². The molecule has 10 heteroatoms. The van der Waals surface area contributed by atoms with Crippen LogP contribution in [0.2, 0.25) is 5.02 Å². The normalized spacial score (nSPS) is 10.4. The van der Waals surface area contributed by atoms with Crippen LogP contribution in [-0.2, 0) is 4.74 Å². The van der Waals surface area contributed by atoms with Crippen LogP contribution in [0.15, 0.2) is 54.7 Å². The Labute approximate surface area is 170 Å². The van der Waals surface area contributed by atoms with E-state index in [1.165, 1.54) is 23.0 Å². The summed E-state index contributed by atoms with van der Waals surface area (Å²) in [5.74, 6) is -1.25. The summed E-state index contributed by atoms with van der Waals surface area (Å²) in [4.78, 5) is 35.4. The van der Waals surface area contributed by atoms with Gasteiger partial charge in [0, 0.05) is 11.6 Å². The lowest BCUT2D eigenvalue weighted by molar-refractivity contribution is -0.384. The largest absolute Gasteiger partial charge is 0.462 e. The Morgan fingerprint density at radius 2 is 1.97 bits per heavy atom. The van der Waals surface area contributed by atoms with Gasteiger partial charge >= 0.3 is 5.97 Å². The van der Waals surface area contributed by atoms with Gasteiger partial charge in [0.15, 0.2) is 5.82 Å². The first-order valence-electron chi connectivity index (χ1n) is 8.48. The summed E-state index contributed by atoms with van der Waals surface area (Å²) in [5, 5.41) is 17.8. The number of anilines is 1. The maximum atomic E-state index is 12.7. The van der Waals surface area contributed by atoms with Gasteiger partial charge in [0.1, 0.15) is 10.6 Å². The second kappa shape index (κ2) is 8.53. The van der Waals surface area contributed by atoms with Crippen molar-refractivity contribution in [2.45, 2.75) is 6.92 Å². The summed E-state index contributed by atoms with van der Waals surface area (Å²) in [6.07, 6.45) is 1.28. The van der Waals surface area contributed by atoms with E-state index >= 15 is 0 Å². The number of esters is 1.